The zero-order valence-corrected chi connectivity index (χ0v) is 13.3. The van der Waals surface area contributed by atoms with Crippen LogP contribution in [0.2, 0.25) is 0 Å². The number of nitrogens with zero attached hydrogens (tertiary/aromatic N) is 1. The molecule has 0 unspecified atom stereocenters. The van der Waals surface area contributed by atoms with Crippen molar-refractivity contribution in [1.29, 1.82) is 0 Å². The largest absolute Gasteiger partial charge is 0.497 e. The van der Waals surface area contributed by atoms with Crippen molar-refractivity contribution in [3.8, 4) is 5.75 Å². The van der Waals surface area contributed by atoms with Crippen LogP contribution in [0.25, 0.3) is 0 Å². The maximum absolute atomic E-state index is 11.1. The minimum absolute atomic E-state index is 0.145. The van der Waals surface area contributed by atoms with Gasteiger partial charge in [0.15, 0.2) is 0 Å². The quantitative estimate of drug-likeness (QED) is 0.784. The first-order valence-electron chi connectivity index (χ1n) is 7.78. The molecular formula is C17H27NO3. The normalized spacial score (nSPS) is 22.2. The van der Waals surface area contributed by atoms with E-state index in [2.05, 4.69) is 4.90 Å². The molecular weight excluding hydrogens is 266 g/mol. The molecule has 0 spiro atoms. The molecule has 1 heterocycles. The van der Waals surface area contributed by atoms with Crippen LogP contribution in [0.3, 0.4) is 0 Å². The molecule has 2 atom stereocenters. The molecule has 118 valence electrons. The lowest BCUT2D eigenvalue weighted by Gasteiger charge is -2.37. The van der Waals surface area contributed by atoms with Crippen molar-refractivity contribution in [3.05, 3.63) is 29.8 Å². The maximum atomic E-state index is 11.1. The topological polar surface area (TPSA) is 41.9 Å². The van der Waals surface area contributed by atoms with Crippen molar-refractivity contribution in [3.63, 3.8) is 0 Å². The van der Waals surface area contributed by atoms with Crippen LogP contribution in [0.1, 0.15) is 32.3 Å². The Morgan fingerprint density at radius 1 is 1.33 bits per heavy atom. The number of hydrogen-bond donors (Lipinski definition) is 1. The Morgan fingerprint density at radius 2 is 2.05 bits per heavy atom. The van der Waals surface area contributed by atoms with E-state index in [1.54, 1.807) is 7.11 Å². The first-order valence-corrected chi connectivity index (χ1v) is 7.78. The number of aliphatic hydroxyl groups is 1. The molecule has 1 fully saturated rings. The first kappa shape index (κ1) is 16.3. The summed E-state index contributed by atoms with van der Waals surface area (Å²) in [6.45, 7) is 7.31. The van der Waals surface area contributed by atoms with Crippen molar-refractivity contribution in [2.45, 2.75) is 38.3 Å². The predicted octanol–water partition coefficient (Wildman–Crippen LogP) is 2.40. The fourth-order valence-electron chi connectivity index (χ4n) is 3.18. The molecule has 0 aromatic heterocycles. The van der Waals surface area contributed by atoms with Gasteiger partial charge in [0.1, 0.15) is 11.4 Å². The van der Waals surface area contributed by atoms with Gasteiger partial charge in [-0.3, -0.25) is 4.90 Å². The number of methoxy groups -OCH3 is 1. The Labute approximate surface area is 127 Å². The summed E-state index contributed by atoms with van der Waals surface area (Å²) in [4.78, 5) is 2.35. The maximum Gasteiger partial charge on any atom is 0.118 e. The average Bonchev–Trinajstić information content (AvgIpc) is 2.97. The Kier molecular flexibility index (Phi) is 5.62. The summed E-state index contributed by atoms with van der Waals surface area (Å²) < 4.78 is 10.6. The third-order valence-corrected chi connectivity index (χ3v) is 4.41. The van der Waals surface area contributed by atoms with Gasteiger partial charge >= 0.3 is 0 Å². The van der Waals surface area contributed by atoms with E-state index in [9.17, 15) is 5.11 Å². The standard InChI is InChI=1S/C17H27NO3/c1-4-21-13-12-18-11-5-6-16(18)17(2,19)14-7-9-15(20-3)10-8-14/h7-10,16,19H,4-6,11-13H2,1-3H3/t16-,17-/m1/s1. The lowest BCUT2D eigenvalue weighted by Crippen LogP contribution is -2.46. The fourth-order valence-corrected chi connectivity index (χ4v) is 3.18. The third kappa shape index (κ3) is 3.76. The molecule has 0 radical (unpaired) electrons. The Morgan fingerprint density at radius 3 is 2.67 bits per heavy atom. The van der Waals surface area contributed by atoms with Crippen LogP contribution in [-0.4, -0.2) is 49.5 Å². The van der Waals surface area contributed by atoms with Crippen molar-refractivity contribution < 1.29 is 14.6 Å². The summed E-state index contributed by atoms with van der Waals surface area (Å²) in [5.41, 5.74) is 0.0891. The van der Waals surface area contributed by atoms with Crippen LogP contribution in [0, 0.1) is 0 Å². The van der Waals surface area contributed by atoms with Crippen LogP contribution in [0.4, 0.5) is 0 Å². The molecule has 1 aliphatic rings. The van der Waals surface area contributed by atoms with E-state index in [4.69, 9.17) is 9.47 Å². The molecule has 0 aliphatic carbocycles. The molecule has 21 heavy (non-hydrogen) atoms. The summed E-state index contributed by atoms with van der Waals surface area (Å²) in [5, 5.41) is 11.1. The fraction of sp³-hybridized carbons (Fsp3) is 0.647. The number of benzene rings is 1. The Balaban J connectivity index is 2.08. The van der Waals surface area contributed by atoms with Gasteiger partial charge < -0.3 is 14.6 Å². The van der Waals surface area contributed by atoms with E-state index < -0.39 is 5.60 Å². The Bertz CT molecular complexity index is 430. The smallest absolute Gasteiger partial charge is 0.118 e. The highest BCUT2D eigenvalue weighted by molar-refractivity contribution is 5.31. The molecule has 1 aromatic rings. The first-order chi connectivity index (χ1) is 10.1. The van der Waals surface area contributed by atoms with E-state index in [1.165, 1.54) is 0 Å². The van der Waals surface area contributed by atoms with Crippen molar-refractivity contribution in [1.82, 2.24) is 4.90 Å². The molecule has 2 rings (SSSR count). The summed E-state index contributed by atoms with van der Waals surface area (Å²) in [6.07, 6.45) is 2.15. The van der Waals surface area contributed by atoms with Gasteiger partial charge in [0.2, 0.25) is 0 Å². The average molecular weight is 293 g/mol. The lowest BCUT2D eigenvalue weighted by molar-refractivity contribution is -0.0296. The van der Waals surface area contributed by atoms with E-state index >= 15 is 0 Å². The highest BCUT2D eigenvalue weighted by Crippen LogP contribution is 2.35. The highest BCUT2D eigenvalue weighted by Gasteiger charge is 2.40. The van der Waals surface area contributed by atoms with Gasteiger partial charge in [-0.2, -0.15) is 0 Å². The van der Waals surface area contributed by atoms with Gasteiger partial charge in [0.25, 0.3) is 0 Å². The molecule has 0 bridgehead atoms. The molecule has 4 heteroatoms. The molecule has 0 amide bonds. The molecule has 1 aromatic carbocycles. The van der Waals surface area contributed by atoms with Crippen molar-refractivity contribution >= 4 is 0 Å². The van der Waals surface area contributed by atoms with Crippen LogP contribution < -0.4 is 4.74 Å². The zero-order valence-electron chi connectivity index (χ0n) is 13.3. The minimum atomic E-state index is -0.852. The van der Waals surface area contributed by atoms with Crippen molar-refractivity contribution in [2.75, 3.05) is 33.4 Å². The summed E-state index contributed by atoms with van der Waals surface area (Å²) >= 11 is 0. The highest BCUT2D eigenvalue weighted by atomic mass is 16.5. The van der Waals surface area contributed by atoms with E-state index in [0.717, 1.165) is 50.5 Å². The van der Waals surface area contributed by atoms with Gasteiger partial charge in [-0.05, 0) is 50.9 Å². The zero-order chi connectivity index (χ0) is 15.3. The third-order valence-electron chi connectivity index (χ3n) is 4.41. The van der Waals surface area contributed by atoms with Gasteiger partial charge in [-0.1, -0.05) is 12.1 Å². The summed E-state index contributed by atoms with van der Waals surface area (Å²) in [7, 11) is 1.65. The molecule has 4 nitrogen and oxygen atoms in total. The lowest BCUT2D eigenvalue weighted by atomic mass is 9.86. The number of rotatable bonds is 7. The minimum Gasteiger partial charge on any atom is -0.497 e. The monoisotopic (exact) mass is 293 g/mol. The van der Waals surface area contributed by atoms with E-state index in [-0.39, 0.29) is 6.04 Å². The van der Waals surface area contributed by atoms with Crippen LogP contribution >= 0.6 is 0 Å². The summed E-state index contributed by atoms with van der Waals surface area (Å²) in [5.74, 6) is 0.814. The van der Waals surface area contributed by atoms with Gasteiger partial charge in [-0.25, -0.2) is 0 Å². The van der Waals surface area contributed by atoms with Gasteiger partial charge in [0, 0.05) is 19.2 Å². The second kappa shape index (κ2) is 7.25. The summed E-state index contributed by atoms with van der Waals surface area (Å²) in [6, 6.07) is 7.87. The van der Waals surface area contributed by atoms with Crippen LogP contribution in [0.5, 0.6) is 5.75 Å². The molecule has 1 saturated heterocycles. The number of likely N-dealkylation sites (tertiary alicyclic amines) is 1. The Hall–Kier alpha value is -1.10. The van der Waals surface area contributed by atoms with Gasteiger partial charge in [0.05, 0.1) is 13.7 Å². The van der Waals surface area contributed by atoms with E-state index in [0.29, 0.717) is 0 Å². The van der Waals surface area contributed by atoms with E-state index in [1.807, 2.05) is 38.1 Å². The number of ether oxygens (including phenoxy) is 2. The van der Waals surface area contributed by atoms with Crippen molar-refractivity contribution in [2.24, 2.45) is 0 Å². The SMILES string of the molecule is CCOCCN1CCC[C@@H]1[C@](C)(O)c1ccc(OC)cc1. The second-order valence-corrected chi connectivity index (χ2v) is 5.77. The van der Waals surface area contributed by atoms with Crippen LogP contribution in [-0.2, 0) is 10.3 Å². The van der Waals surface area contributed by atoms with Crippen LogP contribution in [0.15, 0.2) is 24.3 Å². The number of hydrogen-bond acceptors (Lipinski definition) is 4. The second-order valence-electron chi connectivity index (χ2n) is 5.77. The predicted molar refractivity (Wildman–Crippen MR) is 83.7 cm³/mol. The van der Waals surface area contributed by atoms with Gasteiger partial charge in [-0.15, -0.1) is 0 Å². The molecule has 0 saturated carbocycles. The molecule has 1 N–H and O–H groups in total. The molecule has 1 aliphatic heterocycles.